The van der Waals surface area contributed by atoms with Crippen molar-refractivity contribution in [1.29, 1.82) is 0 Å². The van der Waals surface area contributed by atoms with Crippen molar-refractivity contribution < 1.29 is 19.1 Å². The molecule has 8 nitrogen and oxygen atoms in total. The Bertz CT molecular complexity index is 1450. The molecule has 2 saturated heterocycles. The number of Topliss-reactive ketones (excluding diaryl/α,β-unsaturated/α-hetero) is 1. The highest BCUT2D eigenvalue weighted by molar-refractivity contribution is 5.97. The first-order valence-corrected chi connectivity index (χ1v) is 15.2. The summed E-state index contributed by atoms with van der Waals surface area (Å²) >= 11 is 0. The fourth-order valence-electron chi connectivity index (χ4n) is 8.47. The number of ether oxygens (including phenoxy) is 2. The third kappa shape index (κ3) is 4.38. The average Bonchev–Trinajstić information content (AvgIpc) is 3.73. The van der Waals surface area contributed by atoms with Crippen molar-refractivity contribution in [1.82, 2.24) is 19.6 Å². The molecule has 41 heavy (non-hydrogen) atoms. The topological polar surface area (TPSA) is 85.2 Å². The predicted molar refractivity (Wildman–Crippen MR) is 155 cm³/mol. The standard InChI is InChI=1S/C33H40N4O4/c1-22(2)16-25-30-32(17-23(19-34-21-32)31(39)36-12-14-40-15-13-36)33(25,30)18-27(38)29-26(20-41-24-8-4-3-5-9-24)37-11-7-6-10-28(37)35-29/h3-11,22-23,25,30,34H,12-21H2,1-2H3/t23-,25-,30?,32-,33?/m1/s1. The van der Waals surface area contributed by atoms with Crippen LogP contribution in [0.25, 0.3) is 5.65 Å². The molecule has 3 aromatic rings. The zero-order valence-corrected chi connectivity index (χ0v) is 24.1. The number of carbonyl (C=O) groups is 2. The number of para-hydroxylation sites is 1. The number of imidazole rings is 1. The normalized spacial score (nSPS) is 30.4. The summed E-state index contributed by atoms with van der Waals surface area (Å²) in [6.07, 6.45) is 4.43. The highest BCUT2D eigenvalue weighted by atomic mass is 16.5. The third-order valence-corrected chi connectivity index (χ3v) is 10.3. The second kappa shape index (κ2) is 10.2. The van der Waals surface area contributed by atoms with Gasteiger partial charge in [-0.3, -0.25) is 14.0 Å². The van der Waals surface area contributed by atoms with E-state index in [0.717, 1.165) is 43.0 Å². The Labute approximate surface area is 241 Å². The zero-order chi connectivity index (χ0) is 28.2. The van der Waals surface area contributed by atoms with Crippen molar-refractivity contribution in [3.05, 3.63) is 66.1 Å². The highest BCUT2D eigenvalue weighted by Crippen LogP contribution is 2.95. The summed E-state index contributed by atoms with van der Waals surface area (Å²) in [4.78, 5) is 34.5. The Balaban J connectivity index is 1.14. The summed E-state index contributed by atoms with van der Waals surface area (Å²) in [5.41, 5.74) is 2.04. The molecule has 1 N–H and O–H groups in total. The van der Waals surface area contributed by atoms with Gasteiger partial charge < -0.3 is 19.7 Å². The molecule has 216 valence electrons. The SMILES string of the molecule is CC(C)C[C@@H]1C2C1(CC(=O)c1nc3ccccn3c1COc1ccccc1)[C@]21CNC[C@H](C(=O)N2CCOCC2)C1. The molecule has 2 aliphatic carbocycles. The number of hydrogen-bond acceptors (Lipinski definition) is 6. The number of hydrogen-bond donors (Lipinski definition) is 1. The Kier molecular flexibility index (Phi) is 6.66. The maximum absolute atomic E-state index is 14.2. The number of nitrogens with one attached hydrogen (secondary N) is 1. The van der Waals surface area contributed by atoms with Gasteiger partial charge >= 0.3 is 0 Å². The fourth-order valence-corrected chi connectivity index (χ4v) is 8.47. The summed E-state index contributed by atoms with van der Waals surface area (Å²) in [5.74, 6) is 2.67. The van der Waals surface area contributed by atoms with Gasteiger partial charge in [0.25, 0.3) is 0 Å². The molecule has 2 saturated carbocycles. The number of ketones is 1. The van der Waals surface area contributed by atoms with Crippen LogP contribution in [-0.2, 0) is 16.1 Å². The van der Waals surface area contributed by atoms with Crippen LogP contribution in [0.2, 0.25) is 0 Å². The molecular formula is C33H40N4O4. The lowest BCUT2D eigenvalue weighted by Crippen LogP contribution is -2.52. The molecule has 1 spiro atoms. The lowest BCUT2D eigenvalue weighted by molar-refractivity contribution is -0.141. The van der Waals surface area contributed by atoms with Gasteiger partial charge in [-0.15, -0.1) is 0 Å². The van der Waals surface area contributed by atoms with E-state index in [1.165, 1.54) is 0 Å². The van der Waals surface area contributed by atoms with Gasteiger partial charge in [0.05, 0.1) is 24.8 Å². The van der Waals surface area contributed by atoms with E-state index in [1.54, 1.807) is 0 Å². The summed E-state index contributed by atoms with van der Waals surface area (Å²) in [6.45, 7) is 8.99. The largest absolute Gasteiger partial charge is 0.487 e. The molecular weight excluding hydrogens is 516 g/mol. The van der Waals surface area contributed by atoms with Crippen molar-refractivity contribution in [3.63, 3.8) is 0 Å². The molecule has 0 radical (unpaired) electrons. The first-order valence-electron chi connectivity index (χ1n) is 15.2. The molecule has 4 heterocycles. The van der Waals surface area contributed by atoms with Crippen LogP contribution in [0.15, 0.2) is 54.7 Å². The number of carbonyl (C=O) groups excluding carboxylic acids is 2. The summed E-state index contributed by atoms with van der Waals surface area (Å²) < 4.78 is 13.6. The smallest absolute Gasteiger partial charge is 0.227 e. The molecule has 1 aromatic carbocycles. The lowest BCUT2D eigenvalue weighted by atomic mass is 9.70. The van der Waals surface area contributed by atoms with Gasteiger partial charge in [-0.25, -0.2) is 4.98 Å². The molecule has 4 fully saturated rings. The highest BCUT2D eigenvalue weighted by Gasteiger charge is 2.93. The number of benzene rings is 1. The lowest BCUT2D eigenvalue weighted by Gasteiger charge is -2.41. The van der Waals surface area contributed by atoms with Crippen LogP contribution in [0.1, 0.15) is 49.3 Å². The number of fused-ring (bicyclic) bond motifs is 4. The molecule has 7 rings (SSSR count). The minimum Gasteiger partial charge on any atom is -0.487 e. The Hall–Kier alpha value is -3.23. The van der Waals surface area contributed by atoms with Gasteiger partial charge in [-0.05, 0) is 65.7 Å². The molecule has 4 aliphatic rings. The maximum atomic E-state index is 14.2. The van der Waals surface area contributed by atoms with Crippen molar-refractivity contribution in [2.24, 2.45) is 34.5 Å². The summed E-state index contributed by atoms with van der Waals surface area (Å²) in [6, 6.07) is 15.5. The number of piperidine rings is 1. The Morgan fingerprint density at radius 2 is 1.90 bits per heavy atom. The monoisotopic (exact) mass is 556 g/mol. The van der Waals surface area contributed by atoms with Crippen LogP contribution in [0, 0.1) is 34.5 Å². The summed E-state index contributed by atoms with van der Waals surface area (Å²) in [5, 5.41) is 3.62. The molecule has 2 unspecified atom stereocenters. The van der Waals surface area contributed by atoms with Crippen molar-refractivity contribution in [3.8, 4) is 5.75 Å². The predicted octanol–water partition coefficient (Wildman–Crippen LogP) is 4.23. The molecule has 1 amide bonds. The van der Waals surface area contributed by atoms with Crippen LogP contribution < -0.4 is 10.1 Å². The van der Waals surface area contributed by atoms with E-state index in [9.17, 15) is 9.59 Å². The Morgan fingerprint density at radius 3 is 2.68 bits per heavy atom. The van der Waals surface area contributed by atoms with E-state index in [4.69, 9.17) is 14.5 Å². The van der Waals surface area contributed by atoms with E-state index >= 15 is 0 Å². The molecule has 2 aliphatic heterocycles. The first-order chi connectivity index (χ1) is 19.9. The first kappa shape index (κ1) is 26.7. The number of morpholine rings is 1. The second-order valence-corrected chi connectivity index (χ2v) is 12.9. The average molecular weight is 557 g/mol. The van der Waals surface area contributed by atoms with E-state index in [0.29, 0.717) is 56.2 Å². The number of rotatable bonds is 9. The van der Waals surface area contributed by atoms with Gasteiger partial charge in [0.2, 0.25) is 5.91 Å². The van der Waals surface area contributed by atoms with Crippen LogP contribution in [0.3, 0.4) is 0 Å². The molecule has 2 aromatic heterocycles. The number of amides is 1. The second-order valence-electron chi connectivity index (χ2n) is 12.9. The zero-order valence-electron chi connectivity index (χ0n) is 24.1. The number of pyridine rings is 1. The van der Waals surface area contributed by atoms with Crippen molar-refractivity contribution >= 4 is 17.3 Å². The van der Waals surface area contributed by atoms with Crippen molar-refractivity contribution in [2.75, 3.05) is 39.4 Å². The van der Waals surface area contributed by atoms with Gasteiger partial charge in [0.15, 0.2) is 5.78 Å². The third-order valence-electron chi connectivity index (χ3n) is 10.3. The van der Waals surface area contributed by atoms with Gasteiger partial charge in [-0.2, -0.15) is 0 Å². The van der Waals surface area contributed by atoms with Crippen LogP contribution >= 0.6 is 0 Å². The van der Waals surface area contributed by atoms with Crippen molar-refractivity contribution in [2.45, 2.75) is 39.7 Å². The fraction of sp³-hybridized carbons (Fsp3) is 0.545. The van der Waals surface area contributed by atoms with E-state index < -0.39 is 0 Å². The minimum absolute atomic E-state index is 0.0208. The molecule has 5 atom stereocenters. The van der Waals surface area contributed by atoms with Crippen LogP contribution in [0.5, 0.6) is 5.75 Å². The minimum atomic E-state index is -0.0430. The molecule has 8 heteroatoms. The van der Waals surface area contributed by atoms with Crippen LogP contribution in [-0.4, -0.2) is 65.4 Å². The van der Waals surface area contributed by atoms with Gasteiger partial charge in [0, 0.05) is 38.8 Å². The van der Waals surface area contributed by atoms with E-state index in [-0.39, 0.29) is 35.0 Å². The maximum Gasteiger partial charge on any atom is 0.227 e. The number of nitrogens with zero attached hydrogens (tertiary/aromatic N) is 3. The van der Waals surface area contributed by atoms with Gasteiger partial charge in [0.1, 0.15) is 23.7 Å². The quantitative estimate of drug-likeness (QED) is 0.397. The Morgan fingerprint density at radius 1 is 1.12 bits per heavy atom. The molecule has 0 bridgehead atoms. The summed E-state index contributed by atoms with van der Waals surface area (Å²) in [7, 11) is 0. The number of aromatic nitrogens is 2. The van der Waals surface area contributed by atoms with Crippen LogP contribution in [0.4, 0.5) is 0 Å². The van der Waals surface area contributed by atoms with Gasteiger partial charge in [-0.1, -0.05) is 38.1 Å². The van der Waals surface area contributed by atoms with E-state index in [1.807, 2.05) is 64.0 Å². The van der Waals surface area contributed by atoms with E-state index in [2.05, 4.69) is 19.2 Å².